The molecule has 0 aliphatic carbocycles. The van der Waals surface area contributed by atoms with E-state index in [1.165, 1.54) is 0 Å². The summed E-state index contributed by atoms with van der Waals surface area (Å²) in [7, 11) is 3.24. The fraction of sp³-hybridized carbons (Fsp3) is 0.214. The number of methoxy groups -OCH3 is 2. The molecule has 0 amide bonds. The zero-order valence-electron chi connectivity index (χ0n) is 10.5. The molecule has 1 atom stereocenters. The van der Waals surface area contributed by atoms with E-state index in [2.05, 4.69) is 4.98 Å². The van der Waals surface area contributed by atoms with Crippen molar-refractivity contribution in [2.45, 2.75) is 6.04 Å². The third-order valence-electron chi connectivity index (χ3n) is 2.84. The standard InChI is InChI=1S/C14H16N2O2/c1-17-11-3-4-12(13(9-11)18-2)14(15)10-5-7-16-8-6-10/h3-9,14H,15H2,1-2H3. The summed E-state index contributed by atoms with van der Waals surface area (Å²) in [6, 6.07) is 9.18. The summed E-state index contributed by atoms with van der Waals surface area (Å²) in [5, 5.41) is 0. The molecule has 0 saturated heterocycles. The lowest BCUT2D eigenvalue weighted by molar-refractivity contribution is 0.390. The molecule has 2 aromatic rings. The second-order valence-corrected chi connectivity index (χ2v) is 3.87. The summed E-state index contributed by atoms with van der Waals surface area (Å²) < 4.78 is 10.5. The third kappa shape index (κ3) is 2.43. The van der Waals surface area contributed by atoms with Crippen LogP contribution in [0.15, 0.2) is 42.7 Å². The second kappa shape index (κ2) is 5.51. The van der Waals surface area contributed by atoms with Gasteiger partial charge in [-0.05, 0) is 29.8 Å². The normalized spacial score (nSPS) is 11.9. The average molecular weight is 244 g/mol. The number of nitrogens with zero attached hydrogens (tertiary/aromatic N) is 1. The van der Waals surface area contributed by atoms with Crippen LogP contribution < -0.4 is 15.2 Å². The zero-order chi connectivity index (χ0) is 13.0. The van der Waals surface area contributed by atoms with Crippen molar-refractivity contribution in [1.29, 1.82) is 0 Å². The van der Waals surface area contributed by atoms with Gasteiger partial charge in [0, 0.05) is 24.0 Å². The summed E-state index contributed by atoms with van der Waals surface area (Å²) in [5.41, 5.74) is 8.15. The highest BCUT2D eigenvalue weighted by atomic mass is 16.5. The van der Waals surface area contributed by atoms with Crippen LogP contribution in [0.3, 0.4) is 0 Å². The van der Waals surface area contributed by atoms with Gasteiger partial charge in [-0.1, -0.05) is 0 Å². The molecule has 1 heterocycles. The number of pyridine rings is 1. The summed E-state index contributed by atoms with van der Waals surface area (Å²) >= 11 is 0. The SMILES string of the molecule is COc1ccc(C(N)c2ccncc2)c(OC)c1. The Balaban J connectivity index is 2.38. The number of benzene rings is 1. The summed E-state index contributed by atoms with van der Waals surface area (Å²) in [5.74, 6) is 1.47. The molecule has 18 heavy (non-hydrogen) atoms. The molecule has 0 saturated carbocycles. The van der Waals surface area contributed by atoms with Gasteiger partial charge < -0.3 is 15.2 Å². The zero-order valence-corrected chi connectivity index (χ0v) is 10.5. The van der Waals surface area contributed by atoms with E-state index in [9.17, 15) is 0 Å². The van der Waals surface area contributed by atoms with Crippen molar-refractivity contribution in [2.24, 2.45) is 5.73 Å². The molecule has 0 bridgehead atoms. The average Bonchev–Trinajstić information content (AvgIpc) is 2.46. The molecule has 0 aliphatic rings. The predicted octanol–water partition coefficient (Wildman–Crippen LogP) is 2.15. The Hall–Kier alpha value is -2.07. The predicted molar refractivity (Wildman–Crippen MR) is 69.8 cm³/mol. The van der Waals surface area contributed by atoms with Crippen molar-refractivity contribution in [3.05, 3.63) is 53.9 Å². The van der Waals surface area contributed by atoms with Gasteiger partial charge in [0.2, 0.25) is 0 Å². The number of hydrogen-bond acceptors (Lipinski definition) is 4. The number of aromatic nitrogens is 1. The first-order valence-corrected chi connectivity index (χ1v) is 5.63. The summed E-state index contributed by atoms with van der Waals surface area (Å²) in [6.45, 7) is 0. The molecule has 1 aromatic heterocycles. The maximum atomic E-state index is 6.24. The van der Waals surface area contributed by atoms with Gasteiger partial charge in [0.15, 0.2) is 0 Å². The second-order valence-electron chi connectivity index (χ2n) is 3.87. The van der Waals surface area contributed by atoms with E-state index in [1.54, 1.807) is 26.6 Å². The smallest absolute Gasteiger partial charge is 0.127 e. The van der Waals surface area contributed by atoms with Crippen molar-refractivity contribution in [1.82, 2.24) is 4.98 Å². The molecule has 0 fully saturated rings. The van der Waals surface area contributed by atoms with E-state index in [4.69, 9.17) is 15.2 Å². The van der Waals surface area contributed by atoms with E-state index in [0.717, 1.165) is 22.6 Å². The molecule has 4 heteroatoms. The van der Waals surface area contributed by atoms with E-state index < -0.39 is 0 Å². The fourth-order valence-electron chi connectivity index (χ4n) is 1.83. The molecular weight excluding hydrogens is 228 g/mol. The van der Waals surface area contributed by atoms with Crippen LogP contribution in [0.2, 0.25) is 0 Å². The molecule has 2 rings (SSSR count). The maximum absolute atomic E-state index is 6.24. The minimum absolute atomic E-state index is 0.242. The first-order chi connectivity index (χ1) is 8.76. The molecule has 1 unspecified atom stereocenters. The maximum Gasteiger partial charge on any atom is 0.127 e. The lowest BCUT2D eigenvalue weighted by atomic mass is 9.99. The van der Waals surface area contributed by atoms with Crippen LogP contribution in [-0.4, -0.2) is 19.2 Å². The van der Waals surface area contributed by atoms with Crippen molar-refractivity contribution in [3.8, 4) is 11.5 Å². The van der Waals surface area contributed by atoms with Crippen LogP contribution in [0.1, 0.15) is 17.2 Å². The van der Waals surface area contributed by atoms with Crippen molar-refractivity contribution in [3.63, 3.8) is 0 Å². The molecule has 94 valence electrons. The number of rotatable bonds is 4. The van der Waals surface area contributed by atoms with Crippen molar-refractivity contribution < 1.29 is 9.47 Å². The van der Waals surface area contributed by atoms with Crippen LogP contribution in [0.5, 0.6) is 11.5 Å². The largest absolute Gasteiger partial charge is 0.497 e. The van der Waals surface area contributed by atoms with E-state index in [-0.39, 0.29) is 6.04 Å². The lowest BCUT2D eigenvalue weighted by Crippen LogP contribution is -2.13. The highest BCUT2D eigenvalue weighted by molar-refractivity contribution is 5.45. The molecule has 0 aliphatic heterocycles. The Kier molecular flexibility index (Phi) is 3.79. The van der Waals surface area contributed by atoms with Crippen LogP contribution >= 0.6 is 0 Å². The lowest BCUT2D eigenvalue weighted by Gasteiger charge is -2.16. The van der Waals surface area contributed by atoms with Gasteiger partial charge >= 0.3 is 0 Å². The Morgan fingerprint density at radius 1 is 1.06 bits per heavy atom. The van der Waals surface area contributed by atoms with Crippen molar-refractivity contribution >= 4 is 0 Å². The van der Waals surface area contributed by atoms with Gasteiger partial charge in [0.1, 0.15) is 11.5 Å². The number of hydrogen-bond donors (Lipinski definition) is 1. The molecule has 1 aromatic carbocycles. The minimum atomic E-state index is -0.242. The Bertz CT molecular complexity index is 514. The van der Waals surface area contributed by atoms with E-state index in [1.807, 2.05) is 30.3 Å². The Morgan fingerprint density at radius 3 is 2.39 bits per heavy atom. The third-order valence-corrected chi connectivity index (χ3v) is 2.84. The molecule has 2 N–H and O–H groups in total. The van der Waals surface area contributed by atoms with Gasteiger partial charge in [-0.3, -0.25) is 4.98 Å². The topological polar surface area (TPSA) is 57.4 Å². The van der Waals surface area contributed by atoms with Crippen LogP contribution in [0, 0.1) is 0 Å². The van der Waals surface area contributed by atoms with Crippen LogP contribution in [0.25, 0.3) is 0 Å². The fourth-order valence-corrected chi connectivity index (χ4v) is 1.83. The van der Waals surface area contributed by atoms with E-state index >= 15 is 0 Å². The first kappa shape index (κ1) is 12.4. The summed E-state index contributed by atoms with van der Waals surface area (Å²) in [6.07, 6.45) is 3.45. The summed E-state index contributed by atoms with van der Waals surface area (Å²) in [4.78, 5) is 3.98. The number of ether oxygens (including phenoxy) is 2. The quantitative estimate of drug-likeness (QED) is 0.895. The van der Waals surface area contributed by atoms with E-state index in [0.29, 0.717) is 0 Å². The molecule has 0 spiro atoms. The number of nitrogens with two attached hydrogens (primary N) is 1. The highest BCUT2D eigenvalue weighted by Crippen LogP contribution is 2.31. The van der Waals surface area contributed by atoms with Gasteiger partial charge in [-0.15, -0.1) is 0 Å². The van der Waals surface area contributed by atoms with Crippen LogP contribution in [0.4, 0.5) is 0 Å². The van der Waals surface area contributed by atoms with Gasteiger partial charge in [-0.25, -0.2) is 0 Å². The minimum Gasteiger partial charge on any atom is -0.497 e. The van der Waals surface area contributed by atoms with Gasteiger partial charge in [0.25, 0.3) is 0 Å². The monoisotopic (exact) mass is 244 g/mol. The van der Waals surface area contributed by atoms with Crippen LogP contribution in [-0.2, 0) is 0 Å². The molecule has 0 radical (unpaired) electrons. The van der Waals surface area contributed by atoms with Gasteiger partial charge in [-0.2, -0.15) is 0 Å². The highest BCUT2D eigenvalue weighted by Gasteiger charge is 2.14. The van der Waals surface area contributed by atoms with Crippen molar-refractivity contribution in [2.75, 3.05) is 14.2 Å². The molecular formula is C14H16N2O2. The first-order valence-electron chi connectivity index (χ1n) is 5.63. The Morgan fingerprint density at radius 2 is 1.78 bits per heavy atom. The van der Waals surface area contributed by atoms with Gasteiger partial charge in [0.05, 0.1) is 20.3 Å². The Labute approximate surface area is 106 Å². The molecule has 4 nitrogen and oxygen atoms in total.